The molecule has 3 aliphatic carbocycles. The van der Waals surface area contributed by atoms with Crippen molar-refractivity contribution in [1.29, 1.82) is 5.26 Å². The number of rotatable bonds is 4. The molecule has 6 aromatic rings. The van der Waals surface area contributed by atoms with Crippen LogP contribution in [0.2, 0.25) is 0 Å². The molecule has 5 unspecified atom stereocenters. The molecule has 5 aromatic carbocycles. The van der Waals surface area contributed by atoms with Gasteiger partial charge in [0, 0.05) is 22.1 Å². The van der Waals surface area contributed by atoms with Gasteiger partial charge in [0.15, 0.2) is 17.5 Å². The molecule has 5 atom stereocenters. The Bertz CT molecular complexity index is 2390. The lowest BCUT2D eigenvalue weighted by Gasteiger charge is -2.54. The predicted octanol–water partition coefficient (Wildman–Crippen LogP) is 12.1. The van der Waals surface area contributed by atoms with Gasteiger partial charge in [0.25, 0.3) is 0 Å². The predicted molar refractivity (Wildman–Crippen MR) is 215 cm³/mol. The van der Waals surface area contributed by atoms with E-state index in [-0.39, 0.29) is 10.8 Å². The van der Waals surface area contributed by atoms with Crippen LogP contribution in [0.3, 0.4) is 0 Å². The van der Waals surface area contributed by atoms with Crippen LogP contribution in [0, 0.1) is 35.0 Å². The van der Waals surface area contributed by atoms with E-state index in [1.54, 1.807) is 0 Å². The first-order valence-electron chi connectivity index (χ1n) is 19.3. The van der Waals surface area contributed by atoms with Crippen LogP contribution in [0.1, 0.15) is 82.6 Å². The summed E-state index contributed by atoms with van der Waals surface area (Å²) in [7, 11) is 0. The van der Waals surface area contributed by atoms with Crippen molar-refractivity contribution in [2.24, 2.45) is 23.7 Å². The van der Waals surface area contributed by atoms with Crippen LogP contribution in [0.4, 0.5) is 0 Å². The first kappa shape index (κ1) is 33.4. The van der Waals surface area contributed by atoms with Gasteiger partial charge in [-0.2, -0.15) is 5.26 Å². The van der Waals surface area contributed by atoms with E-state index in [1.165, 1.54) is 64.6 Å². The molecule has 0 amide bonds. The molecular weight excluding hydrogens is 645 g/mol. The highest BCUT2D eigenvalue weighted by molar-refractivity contribution is 5.85. The van der Waals surface area contributed by atoms with Crippen LogP contribution in [0.15, 0.2) is 115 Å². The summed E-state index contributed by atoms with van der Waals surface area (Å²) in [5, 5.41) is 9.87. The van der Waals surface area contributed by atoms with Gasteiger partial charge in [-0.25, -0.2) is 15.0 Å². The number of hydrogen-bond donors (Lipinski definition) is 0. The Morgan fingerprint density at radius 2 is 1.25 bits per heavy atom. The summed E-state index contributed by atoms with van der Waals surface area (Å²) >= 11 is 0. The molecule has 1 spiro atoms. The molecule has 0 N–H and O–H groups in total. The molecule has 53 heavy (non-hydrogen) atoms. The summed E-state index contributed by atoms with van der Waals surface area (Å²) in [5.41, 5.74) is 12.7. The van der Waals surface area contributed by atoms with Gasteiger partial charge in [-0.3, -0.25) is 0 Å². The fourth-order valence-electron chi connectivity index (χ4n) is 10.3. The summed E-state index contributed by atoms with van der Waals surface area (Å²) < 4.78 is 0. The lowest BCUT2D eigenvalue weighted by Crippen LogP contribution is -2.49. The van der Waals surface area contributed by atoms with Gasteiger partial charge in [-0.15, -0.1) is 0 Å². The number of aromatic nitrogens is 3. The van der Waals surface area contributed by atoms with E-state index >= 15 is 0 Å². The molecular formula is C49H46N4. The lowest BCUT2D eigenvalue weighted by atomic mass is 9.49. The van der Waals surface area contributed by atoms with Crippen molar-refractivity contribution in [1.82, 2.24) is 15.0 Å². The average molecular weight is 691 g/mol. The summed E-state index contributed by atoms with van der Waals surface area (Å²) in [5.74, 6) is 4.69. The van der Waals surface area contributed by atoms with Crippen molar-refractivity contribution in [2.45, 2.75) is 71.1 Å². The number of nitriles is 1. The largest absolute Gasteiger partial charge is 0.208 e. The van der Waals surface area contributed by atoms with Crippen molar-refractivity contribution < 1.29 is 0 Å². The quantitative estimate of drug-likeness (QED) is 0.185. The molecule has 0 aliphatic heterocycles. The minimum Gasteiger partial charge on any atom is -0.208 e. The third-order valence-corrected chi connectivity index (χ3v) is 12.6. The molecule has 1 heterocycles. The SMILES string of the molecule is CC1CC2CC(C)C3(c4ccc(C#N)cc4-c4ccc(-c5ccc(-c6nc(-c7ccccc7)nc(-c7cccc(C(C)(C)C)c7)n6)cc5)cc43)C(C1)C2. The normalized spacial score (nSPS) is 22.9. The van der Waals surface area contributed by atoms with Crippen LogP contribution in [-0.2, 0) is 10.8 Å². The summed E-state index contributed by atoms with van der Waals surface area (Å²) in [6.07, 6.45) is 5.18. The van der Waals surface area contributed by atoms with Gasteiger partial charge in [0.2, 0.25) is 0 Å². The Kier molecular flexibility index (Phi) is 7.97. The molecule has 4 heteroatoms. The van der Waals surface area contributed by atoms with Crippen LogP contribution in [0.25, 0.3) is 56.4 Å². The molecule has 2 bridgehead atoms. The van der Waals surface area contributed by atoms with E-state index in [0.29, 0.717) is 29.3 Å². The van der Waals surface area contributed by atoms with Crippen LogP contribution >= 0.6 is 0 Å². The third-order valence-electron chi connectivity index (χ3n) is 12.6. The fraction of sp³-hybridized carbons (Fsp3) is 0.306. The molecule has 0 saturated heterocycles. The standard InChI is InChI=1S/C49H46N4/c1-30-22-33-24-31(2)49(40(23-30)25-33)43-21-14-32(29-50)26-42(43)41-20-19-37(28-44(41)49)34-15-17-36(18-16-34)46-51-45(35-10-7-6-8-11-35)52-47(53-46)38-12-9-13-39(27-38)48(3,4)5/h6-21,26-28,30-31,33,40H,22-25H2,1-5H3. The Hall–Kier alpha value is -5.40. The molecule has 2 saturated carbocycles. The molecule has 2 fully saturated rings. The van der Waals surface area contributed by atoms with Crippen LogP contribution < -0.4 is 0 Å². The maximum Gasteiger partial charge on any atom is 0.164 e. The summed E-state index contributed by atoms with van der Waals surface area (Å²) in [6.45, 7) is 11.6. The zero-order valence-electron chi connectivity index (χ0n) is 31.4. The molecule has 3 aliphatic rings. The number of benzene rings is 5. The molecule has 1 aromatic heterocycles. The van der Waals surface area contributed by atoms with E-state index < -0.39 is 0 Å². The van der Waals surface area contributed by atoms with Crippen molar-refractivity contribution >= 4 is 0 Å². The van der Waals surface area contributed by atoms with Crippen LogP contribution in [0.5, 0.6) is 0 Å². The molecule has 4 nitrogen and oxygen atoms in total. The highest BCUT2D eigenvalue weighted by atomic mass is 15.0. The maximum absolute atomic E-state index is 9.87. The molecule has 9 rings (SSSR count). The van der Waals surface area contributed by atoms with Gasteiger partial charge in [-0.05, 0) is 118 Å². The van der Waals surface area contributed by atoms with E-state index in [2.05, 4.69) is 132 Å². The second-order valence-electron chi connectivity index (χ2n) is 17.1. The van der Waals surface area contributed by atoms with Crippen molar-refractivity contribution in [3.05, 3.63) is 138 Å². The van der Waals surface area contributed by atoms with Crippen molar-refractivity contribution in [3.63, 3.8) is 0 Å². The summed E-state index contributed by atoms with van der Waals surface area (Å²) in [4.78, 5) is 15.1. The van der Waals surface area contributed by atoms with Crippen molar-refractivity contribution in [2.75, 3.05) is 0 Å². The lowest BCUT2D eigenvalue weighted by molar-refractivity contribution is 0.0426. The van der Waals surface area contributed by atoms with E-state index in [9.17, 15) is 5.26 Å². The third kappa shape index (κ3) is 5.60. The fourth-order valence-corrected chi connectivity index (χ4v) is 10.3. The minimum absolute atomic E-state index is 0.00973. The van der Waals surface area contributed by atoms with Gasteiger partial charge in [-0.1, -0.05) is 126 Å². The Morgan fingerprint density at radius 3 is 1.96 bits per heavy atom. The Morgan fingerprint density at radius 1 is 0.585 bits per heavy atom. The monoisotopic (exact) mass is 690 g/mol. The zero-order valence-corrected chi connectivity index (χ0v) is 31.4. The zero-order chi connectivity index (χ0) is 36.5. The average Bonchev–Trinajstić information content (AvgIpc) is 3.46. The highest BCUT2D eigenvalue weighted by Crippen LogP contribution is 2.64. The summed E-state index contributed by atoms with van der Waals surface area (Å²) in [6, 6.07) is 43.5. The van der Waals surface area contributed by atoms with Gasteiger partial charge >= 0.3 is 0 Å². The van der Waals surface area contributed by atoms with Gasteiger partial charge < -0.3 is 0 Å². The van der Waals surface area contributed by atoms with Crippen molar-refractivity contribution in [3.8, 4) is 62.5 Å². The van der Waals surface area contributed by atoms with Gasteiger partial charge in [0.1, 0.15) is 0 Å². The van der Waals surface area contributed by atoms with Gasteiger partial charge in [0.05, 0.1) is 11.6 Å². The van der Waals surface area contributed by atoms with E-state index in [0.717, 1.165) is 34.1 Å². The number of fused-ring (bicyclic) bond motifs is 8. The minimum atomic E-state index is -0.0286. The molecule has 262 valence electrons. The maximum atomic E-state index is 9.87. The second kappa shape index (κ2) is 12.6. The highest BCUT2D eigenvalue weighted by Gasteiger charge is 2.56. The van der Waals surface area contributed by atoms with E-state index in [1.807, 2.05) is 24.3 Å². The number of hydrogen-bond acceptors (Lipinski definition) is 4. The molecule has 0 radical (unpaired) electrons. The van der Waals surface area contributed by atoms with E-state index in [4.69, 9.17) is 15.0 Å². The smallest absolute Gasteiger partial charge is 0.164 e. The second-order valence-corrected chi connectivity index (χ2v) is 17.1. The Labute approximate surface area is 314 Å². The first-order valence-corrected chi connectivity index (χ1v) is 19.3. The van der Waals surface area contributed by atoms with Crippen LogP contribution in [-0.4, -0.2) is 15.0 Å². The Balaban J connectivity index is 1.13. The first-order chi connectivity index (χ1) is 25.6. The topological polar surface area (TPSA) is 62.5 Å². The number of nitrogens with zero attached hydrogens (tertiary/aromatic N) is 4.